The molecule has 0 spiro atoms. The van der Waals surface area contributed by atoms with Crippen molar-refractivity contribution in [2.24, 2.45) is 0 Å². The Bertz CT molecular complexity index is 1050. The molecule has 3 rings (SSSR count). The summed E-state index contributed by atoms with van der Waals surface area (Å²) in [4.78, 5) is 46.9. The van der Waals surface area contributed by atoms with E-state index in [2.05, 4.69) is 5.32 Å². The smallest absolute Gasteiger partial charge is 0.305 e. The topological polar surface area (TPSA) is 276 Å². The first-order valence-corrected chi connectivity index (χ1v) is 14.1. The van der Waals surface area contributed by atoms with Gasteiger partial charge in [0.1, 0.15) is 61.5 Å². The highest BCUT2D eigenvalue weighted by Gasteiger charge is 2.55. The van der Waals surface area contributed by atoms with Gasteiger partial charge in [-0.15, -0.1) is 0 Å². The lowest BCUT2D eigenvalue weighted by Crippen LogP contribution is -2.68. The van der Waals surface area contributed by atoms with Crippen molar-refractivity contribution in [3.05, 3.63) is 0 Å². The highest BCUT2D eigenvalue weighted by molar-refractivity contribution is 5.73. The van der Waals surface area contributed by atoms with Crippen molar-refractivity contribution in [1.82, 2.24) is 5.32 Å². The van der Waals surface area contributed by atoms with Gasteiger partial charge in [0.25, 0.3) is 0 Å². The Morgan fingerprint density at radius 2 is 1.24 bits per heavy atom. The van der Waals surface area contributed by atoms with Crippen LogP contribution >= 0.6 is 0 Å². The molecule has 19 nitrogen and oxygen atoms in total. The average molecular weight is 656 g/mol. The fourth-order valence-corrected chi connectivity index (χ4v) is 5.17. The van der Waals surface area contributed by atoms with Gasteiger partial charge in [0.2, 0.25) is 12.2 Å². The zero-order valence-corrected chi connectivity index (χ0v) is 25.2. The van der Waals surface area contributed by atoms with E-state index in [4.69, 9.17) is 37.9 Å². The van der Waals surface area contributed by atoms with Gasteiger partial charge in [-0.25, -0.2) is 0 Å². The van der Waals surface area contributed by atoms with E-state index in [9.17, 15) is 49.8 Å². The van der Waals surface area contributed by atoms with Crippen molar-refractivity contribution >= 4 is 23.8 Å². The van der Waals surface area contributed by atoms with Crippen LogP contribution in [0.1, 0.15) is 34.6 Å². The van der Waals surface area contributed by atoms with Crippen LogP contribution in [0.4, 0.5) is 0 Å². The summed E-state index contributed by atoms with van der Waals surface area (Å²) >= 11 is 0. The molecule has 3 saturated heterocycles. The predicted octanol–water partition coefficient (Wildman–Crippen LogP) is -4.69. The molecule has 15 unspecified atom stereocenters. The Hall–Kier alpha value is -2.56. The lowest BCUT2D eigenvalue weighted by molar-refractivity contribution is -0.375. The van der Waals surface area contributed by atoms with Gasteiger partial charge in [0, 0.05) is 27.7 Å². The zero-order valence-electron chi connectivity index (χ0n) is 25.2. The van der Waals surface area contributed by atoms with Crippen molar-refractivity contribution in [3.8, 4) is 0 Å². The Morgan fingerprint density at radius 1 is 0.644 bits per heavy atom. The predicted molar refractivity (Wildman–Crippen MR) is 140 cm³/mol. The van der Waals surface area contributed by atoms with Crippen LogP contribution in [0.15, 0.2) is 0 Å². The normalized spacial score (nSPS) is 41.9. The van der Waals surface area contributed by atoms with Crippen LogP contribution in [-0.2, 0) is 57.1 Å². The zero-order chi connectivity index (χ0) is 33.7. The maximum Gasteiger partial charge on any atom is 0.305 e. The molecule has 3 aliphatic heterocycles. The molecule has 3 aliphatic rings. The molecule has 3 fully saturated rings. The molecule has 0 radical (unpaired) electrons. The van der Waals surface area contributed by atoms with Gasteiger partial charge in [-0.1, -0.05) is 0 Å². The highest BCUT2D eigenvalue weighted by atomic mass is 16.8. The number of nitrogens with one attached hydrogen (secondary N) is 1. The van der Waals surface area contributed by atoms with Crippen LogP contribution in [-0.4, -0.2) is 160 Å². The summed E-state index contributed by atoms with van der Waals surface area (Å²) in [5.41, 5.74) is 0. The first-order valence-electron chi connectivity index (χ1n) is 14.1. The molecule has 0 aromatic rings. The van der Waals surface area contributed by atoms with E-state index in [1.165, 1.54) is 6.92 Å². The summed E-state index contributed by atoms with van der Waals surface area (Å²) in [5, 5.41) is 66.1. The molecule has 0 aliphatic carbocycles. The fourth-order valence-electron chi connectivity index (χ4n) is 5.17. The van der Waals surface area contributed by atoms with E-state index in [1.807, 2.05) is 0 Å². The van der Waals surface area contributed by atoms with Gasteiger partial charge in [-0.2, -0.15) is 0 Å². The second-order valence-electron chi connectivity index (χ2n) is 10.8. The van der Waals surface area contributed by atoms with E-state index < -0.39 is 129 Å². The highest BCUT2D eigenvalue weighted by Crippen LogP contribution is 2.33. The second-order valence-corrected chi connectivity index (χ2v) is 10.8. The number of carbonyl (C=O) groups is 4. The van der Waals surface area contributed by atoms with Crippen LogP contribution in [0.25, 0.3) is 0 Å². The van der Waals surface area contributed by atoms with Crippen molar-refractivity contribution in [2.75, 3.05) is 13.2 Å². The lowest BCUT2D eigenvalue weighted by atomic mass is 9.95. The molecule has 0 bridgehead atoms. The average Bonchev–Trinajstić information content (AvgIpc) is 2.94. The summed E-state index contributed by atoms with van der Waals surface area (Å²) in [5.74, 6) is -3.04. The first-order chi connectivity index (χ1) is 21.0. The van der Waals surface area contributed by atoms with Crippen molar-refractivity contribution in [1.29, 1.82) is 0 Å². The Labute approximate surface area is 257 Å². The van der Waals surface area contributed by atoms with E-state index in [-0.39, 0.29) is 0 Å². The van der Waals surface area contributed by atoms with Gasteiger partial charge in [0.05, 0.1) is 12.7 Å². The van der Waals surface area contributed by atoms with E-state index in [0.29, 0.717) is 0 Å². The number of carbonyl (C=O) groups excluding carboxylic acids is 4. The summed E-state index contributed by atoms with van der Waals surface area (Å²) < 4.78 is 43.8. The summed E-state index contributed by atoms with van der Waals surface area (Å²) in [7, 11) is 0. The van der Waals surface area contributed by atoms with Crippen LogP contribution in [0, 0.1) is 0 Å². The molecular weight excluding hydrogens is 614 g/mol. The van der Waals surface area contributed by atoms with Crippen LogP contribution in [0.2, 0.25) is 0 Å². The van der Waals surface area contributed by atoms with Crippen molar-refractivity contribution in [3.63, 3.8) is 0 Å². The van der Waals surface area contributed by atoms with E-state index >= 15 is 0 Å². The van der Waals surface area contributed by atoms with Crippen molar-refractivity contribution < 1.29 is 87.7 Å². The Balaban J connectivity index is 1.89. The third kappa shape index (κ3) is 9.04. The molecule has 3 heterocycles. The number of aliphatic hydroxyl groups is 6. The van der Waals surface area contributed by atoms with Gasteiger partial charge >= 0.3 is 17.9 Å². The second kappa shape index (κ2) is 15.8. The quantitative estimate of drug-likeness (QED) is 0.0860. The molecule has 7 N–H and O–H groups in total. The van der Waals surface area contributed by atoms with Gasteiger partial charge in [0.15, 0.2) is 24.8 Å². The molecule has 0 saturated carbocycles. The standard InChI is InChI=1S/C26H41NO18/c1-8-21(40-11(4)31)20(37)23(26(39-8)41-12(5)32)45-25-19(36)18(35)22(14(43-25)7-38-10(3)30)44-24-15(27-9(2)29)17(34)16(33)13(6-28)42-24/h8,13-26,28,33-37H,6-7H2,1-5H3,(H,27,29). The molecule has 0 aromatic carbocycles. The summed E-state index contributed by atoms with van der Waals surface area (Å²) in [6.07, 6.45) is -22.5. The summed E-state index contributed by atoms with van der Waals surface area (Å²) in [6, 6.07) is -1.44. The van der Waals surface area contributed by atoms with Crippen LogP contribution < -0.4 is 5.32 Å². The largest absolute Gasteiger partial charge is 0.463 e. The minimum absolute atomic E-state index is 0.611. The molecule has 45 heavy (non-hydrogen) atoms. The number of amides is 1. The molecule has 1 amide bonds. The molecular formula is C26H41NO18. The molecule has 258 valence electrons. The maximum atomic E-state index is 11.8. The third-order valence-corrected chi connectivity index (χ3v) is 7.26. The Kier molecular flexibility index (Phi) is 13.0. The Morgan fingerprint density at radius 3 is 1.80 bits per heavy atom. The van der Waals surface area contributed by atoms with Crippen LogP contribution in [0.5, 0.6) is 0 Å². The number of esters is 3. The van der Waals surface area contributed by atoms with Crippen LogP contribution in [0.3, 0.4) is 0 Å². The lowest BCUT2D eigenvalue weighted by Gasteiger charge is -2.48. The van der Waals surface area contributed by atoms with E-state index in [1.54, 1.807) is 0 Å². The van der Waals surface area contributed by atoms with Gasteiger partial charge in [-0.3, -0.25) is 19.2 Å². The van der Waals surface area contributed by atoms with Gasteiger partial charge in [-0.05, 0) is 6.92 Å². The monoisotopic (exact) mass is 655 g/mol. The fraction of sp³-hybridized carbons (Fsp3) is 0.846. The molecule has 0 aromatic heterocycles. The van der Waals surface area contributed by atoms with Gasteiger partial charge < -0.3 is 73.9 Å². The number of ether oxygens (including phenoxy) is 8. The van der Waals surface area contributed by atoms with Crippen molar-refractivity contribution in [2.45, 2.75) is 127 Å². The maximum absolute atomic E-state index is 11.8. The minimum Gasteiger partial charge on any atom is -0.463 e. The summed E-state index contributed by atoms with van der Waals surface area (Å²) in [6.45, 7) is 4.39. The minimum atomic E-state index is -1.99. The van der Waals surface area contributed by atoms with E-state index in [0.717, 1.165) is 27.7 Å². The molecule has 19 heteroatoms. The number of hydrogen-bond donors (Lipinski definition) is 7. The third-order valence-electron chi connectivity index (χ3n) is 7.26. The number of rotatable bonds is 10. The number of hydrogen-bond acceptors (Lipinski definition) is 18. The molecule has 15 atom stereocenters. The SMILES string of the molecule is CC(=O)NC1C(OC2C(COC(C)=O)OC(OC3C(OC(C)=O)OC(C)C(OC(C)=O)C3O)C(O)C2O)OC(CO)C(O)C1O. The first kappa shape index (κ1) is 36.9. The number of aliphatic hydroxyl groups excluding tert-OH is 6.